The fourth-order valence-electron chi connectivity index (χ4n) is 1.78. The monoisotopic (exact) mass is 243 g/mol. The predicted molar refractivity (Wildman–Crippen MR) is 55.7 cm³/mol. The van der Waals surface area contributed by atoms with Gasteiger partial charge in [-0.25, -0.2) is 4.39 Å². The minimum absolute atomic E-state index is 0.0287. The Hall–Kier alpha value is -0.570. The van der Waals surface area contributed by atoms with Crippen LogP contribution < -0.4 is 3.93 Å². The van der Waals surface area contributed by atoms with Gasteiger partial charge in [0.1, 0.15) is 5.82 Å². The fraction of sp³-hybridized carbons (Fsp3) is 0.400. The summed E-state index contributed by atoms with van der Waals surface area (Å²) >= 11 is 3.45. The van der Waals surface area contributed by atoms with E-state index in [-0.39, 0.29) is 11.2 Å². The lowest BCUT2D eigenvalue weighted by molar-refractivity contribution is 0.567. The number of anilines is 1. The van der Waals surface area contributed by atoms with Gasteiger partial charge in [0.2, 0.25) is 0 Å². The standard InChI is InChI=1S/C10H11BrFN/c1-10(2)6-13(11)9-4-3-7(12)5-8(9)10/h3-5H,6H2,1-2H3. The van der Waals surface area contributed by atoms with E-state index >= 15 is 0 Å². The zero-order valence-corrected chi connectivity index (χ0v) is 9.23. The average Bonchev–Trinajstić information content (AvgIpc) is 2.23. The second-order valence-electron chi connectivity index (χ2n) is 4.07. The minimum Gasteiger partial charge on any atom is -0.308 e. The van der Waals surface area contributed by atoms with Crippen LogP contribution in [0, 0.1) is 5.82 Å². The van der Waals surface area contributed by atoms with Gasteiger partial charge in [-0.1, -0.05) is 13.8 Å². The van der Waals surface area contributed by atoms with Crippen LogP contribution in [-0.2, 0) is 5.41 Å². The number of hydrogen-bond donors (Lipinski definition) is 0. The zero-order chi connectivity index (χ0) is 9.64. The van der Waals surface area contributed by atoms with Crippen LogP contribution in [0.5, 0.6) is 0 Å². The molecule has 0 aliphatic carbocycles. The van der Waals surface area contributed by atoms with Crippen molar-refractivity contribution in [2.24, 2.45) is 0 Å². The predicted octanol–water partition coefficient (Wildman–Crippen LogP) is 3.23. The van der Waals surface area contributed by atoms with Crippen molar-refractivity contribution in [2.45, 2.75) is 19.3 Å². The van der Waals surface area contributed by atoms with Gasteiger partial charge in [-0.15, -0.1) is 0 Å². The fourth-order valence-corrected chi connectivity index (χ4v) is 2.72. The summed E-state index contributed by atoms with van der Waals surface area (Å²) in [5, 5.41) is 0. The van der Waals surface area contributed by atoms with Gasteiger partial charge < -0.3 is 3.93 Å². The highest BCUT2D eigenvalue weighted by atomic mass is 79.9. The average molecular weight is 244 g/mol. The van der Waals surface area contributed by atoms with Gasteiger partial charge >= 0.3 is 0 Å². The summed E-state index contributed by atoms with van der Waals surface area (Å²) in [6, 6.07) is 4.93. The number of hydrogen-bond acceptors (Lipinski definition) is 1. The van der Waals surface area contributed by atoms with E-state index in [1.807, 2.05) is 9.99 Å². The molecule has 70 valence electrons. The van der Waals surface area contributed by atoms with E-state index in [0.717, 1.165) is 17.8 Å². The van der Waals surface area contributed by atoms with Crippen molar-refractivity contribution in [1.29, 1.82) is 0 Å². The van der Waals surface area contributed by atoms with Gasteiger partial charge in [-0.05, 0) is 23.8 Å². The molecule has 0 N–H and O–H groups in total. The summed E-state index contributed by atoms with van der Waals surface area (Å²) in [5.74, 6) is -0.158. The molecule has 0 amide bonds. The number of halogens is 2. The van der Waals surface area contributed by atoms with Gasteiger partial charge in [0.05, 0.1) is 5.69 Å². The smallest absolute Gasteiger partial charge is 0.123 e. The van der Waals surface area contributed by atoms with Gasteiger partial charge in [-0.2, -0.15) is 0 Å². The summed E-state index contributed by atoms with van der Waals surface area (Å²) < 4.78 is 15.0. The van der Waals surface area contributed by atoms with Crippen LogP contribution in [0.15, 0.2) is 18.2 Å². The van der Waals surface area contributed by atoms with E-state index in [1.165, 1.54) is 6.07 Å². The quantitative estimate of drug-likeness (QED) is 0.633. The van der Waals surface area contributed by atoms with Crippen molar-refractivity contribution < 1.29 is 4.39 Å². The van der Waals surface area contributed by atoms with E-state index in [0.29, 0.717) is 0 Å². The van der Waals surface area contributed by atoms with E-state index in [2.05, 4.69) is 30.0 Å². The Bertz CT molecular complexity index is 349. The first-order valence-corrected chi connectivity index (χ1v) is 4.95. The second kappa shape index (κ2) is 2.71. The Morgan fingerprint density at radius 2 is 2.15 bits per heavy atom. The maximum atomic E-state index is 13.0. The summed E-state index contributed by atoms with van der Waals surface area (Å²) in [4.78, 5) is 0. The first kappa shape index (κ1) is 9.00. The molecule has 0 fully saturated rings. The molecule has 0 bridgehead atoms. The van der Waals surface area contributed by atoms with Crippen LogP contribution in [0.4, 0.5) is 10.1 Å². The van der Waals surface area contributed by atoms with Crippen LogP contribution in [0.2, 0.25) is 0 Å². The topological polar surface area (TPSA) is 3.24 Å². The lowest BCUT2D eigenvalue weighted by atomic mass is 9.87. The molecular weight excluding hydrogens is 233 g/mol. The maximum Gasteiger partial charge on any atom is 0.123 e. The lowest BCUT2D eigenvalue weighted by Crippen LogP contribution is -2.21. The van der Waals surface area contributed by atoms with Crippen LogP contribution in [0.1, 0.15) is 19.4 Å². The Morgan fingerprint density at radius 1 is 1.46 bits per heavy atom. The van der Waals surface area contributed by atoms with Gasteiger partial charge in [0.25, 0.3) is 0 Å². The van der Waals surface area contributed by atoms with Gasteiger partial charge in [0, 0.05) is 28.1 Å². The van der Waals surface area contributed by atoms with Crippen molar-refractivity contribution in [1.82, 2.24) is 0 Å². The van der Waals surface area contributed by atoms with Gasteiger partial charge in [-0.3, -0.25) is 0 Å². The van der Waals surface area contributed by atoms with Crippen molar-refractivity contribution in [3.05, 3.63) is 29.6 Å². The third-order valence-electron chi connectivity index (χ3n) is 2.48. The highest BCUT2D eigenvalue weighted by Crippen LogP contribution is 2.42. The molecule has 1 aliphatic rings. The molecule has 0 atom stereocenters. The zero-order valence-electron chi connectivity index (χ0n) is 7.64. The number of rotatable bonds is 0. The highest BCUT2D eigenvalue weighted by Gasteiger charge is 2.34. The van der Waals surface area contributed by atoms with Crippen LogP contribution >= 0.6 is 16.1 Å². The largest absolute Gasteiger partial charge is 0.308 e. The van der Waals surface area contributed by atoms with E-state index in [9.17, 15) is 4.39 Å². The van der Waals surface area contributed by atoms with Gasteiger partial charge in [0.15, 0.2) is 0 Å². The summed E-state index contributed by atoms with van der Waals surface area (Å²) in [6.07, 6.45) is 0. The Morgan fingerprint density at radius 3 is 2.85 bits per heavy atom. The Labute approximate surface area is 85.9 Å². The van der Waals surface area contributed by atoms with E-state index < -0.39 is 0 Å². The van der Waals surface area contributed by atoms with Crippen LogP contribution in [-0.4, -0.2) is 6.54 Å². The number of fused-ring (bicyclic) bond motifs is 1. The molecule has 3 heteroatoms. The molecule has 13 heavy (non-hydrogen) atoms. The maximum absolute atomic E-state index is 13.0. The summed E-state index contributed by atoms with van der Waals surface area (Å²) in [5.41, 5.74) is 2.18. The molecule has 0 unspecified atom stereocenters. The molecule has 1 aromatic carbocycles. The molecule has 1 heterocycles. The molecule has 0 aromatic heterocycles. The second-order valence-corrected chi connectivity index (χ2v) is 4.92. The van der Waals surface area contributed by atoms with E-state index in [1.54, 1.807) is 6.07 Å². The third kappa shape index (κ3) is 1.35. The molecule has 1 aromatic rings. The third-order valence-corrected chi connectivity index (χ3v) is 3.12. The molecular formula is C10H11BrFN. The minimum atomic E-state index is -0.158. The summed E-state index contributed by atoms with van der Waals surface area (Å²) in [7, 11) is 0. The van der Waals surface area contributed by atoms with Crippen molar-refractivity contribution in [2.75, 3.05) is 10.5 Å². The SMILES string of the molecule is CC1(C)CN(Br)c2ccc(F)cc21. The normalized spacial score (nSPS) is 18.9. The molecule has 0 saturated heterocycles. The molecule has 0 spiro atoms. The van der Waals surface area contributed by atoms with Crippen LogP contribution in [0.25, 0.3) is 0 Å². The van der Waals surface area contributed by atoms with Crippen molar-refractivity contribution in [3.63, 3.8) is 0 Å². The van der Waals surface area contributed by atoms with Crippen molar-refractivity contribution in [3.8, 4) is 0 Å². The summed E-state index contributed by atoms with van der Waals surface area (Å²) in [6.45, 7) is 5.12. The van der Waals surface area contributed by atoms with Crippen LogP contribution in [0.3, 0.4) is 0 Å². The Balaban J connectivity index is 2.60. The first-order chi connectivity index (χ1) is 6.00. The molecule has 0 radical (unpaired) electrons. The molecule has 2 rings (SSSR count). The Kier molecular flexibility index (Phi) is 1.88. The number of benzene rings is 1. The lowest BCUT2D eigenvalue weighted by Gasteiger charge is -2.17. The highest BCUT2D eigenvalue weighted by molar-refractivity contribution is 9.10. The first-order valence-electron chi connectivity index (χ1n) is 4.24. The molecule has 0 saturated carbocycles. The number of nitrogens with zero attached hydrogens (tertiary/aromatic N) is 1. The molecule has 1 aliphatic heterocycles. The molecule has 1 nitrogen and oxygen atoms in total. The van der Waals surface area contributed by atoms with Crippen molar-refractivity contribution >= 4 is 21.8 Å². The van der Waals surface area contributed by atoms with E-state index in [4.69, 9.17) is 0 Å².